The van der Waals surface area contributed by atoms with Crippen LogP contribution in [0.5, 0.6) is 0 Å². The fourth-order valence-electron chi connectivity index (χ4n) is 6.98. The van der Waals surface area contributed by atoms with Gasteiger partial charge < -0.3 is 0 Å². The van der Waals surface area contributed by atoms with Crippen LogP contribution >= 0.6 is 0 Å². The molecule has 0 heterocycles. The predicted molar refractivity (Wildman–Crippen MR) is 177 cm³/mol. The van der Waals surface area contributed by atoms with Crippen LogP contribution in [0.15, 0.2) is 103 Å². The molecule has 4 aromatic carbocycles. The lowest BCUT2D eigenvalue weighted by Gasteiger charge is -2.35. The third-order valence-corrected chi connectivity index (χ3v) is 9.44. The highest BCUT2D eigenvalue weighted by atomic mass is 14.4. The molecule has 0 saturated carbocycles. The van der Waals surface area contributed by atoms with Crippen molar-refractivity contribution < 1.29 is 0 Å². The van der Waals surface area contributed by atoms with E-state index < -0.39 is 0 Å². The van der Waals surface area contributed by atoms with E-state index in [2.05, 4.69) is 152 Å². The van der Waals surface area contributed by atoms with Crippen LogP contribution in [0.1, 0.15) is 99.4 Å². The molecular formula is C41H44. The fourth-order valence-corrected chi connectivity index (χ4v) is 6.98. The van der Waals surface area contributed by atoms with Gasteiger partial charge >= 0.3 is 0 Å². The van der Waals surface area contributed by atoms with E-state index in [0.717, 1.165) is 19.3 Å². The lowest BCUT2D eigenvalue weighted by molar-refractivity contribution is 0.557. The quantitative estimate of drug-likeness (QED) is 0.209. The first-order valence-electron chi connectivity index (χ1n) is 15.3. The minimum atomic E-state index is -0.167. The molecule has 0 heteroatoms. The second-order valence-electron chi connectivity index (χ2n) is 14.4. The molecule has 0 atom stereocenters. The number of fused-ring (bicyclic) bond motifs is 3. The summed E-state index contributed by atoms with van der Waals surface area (Å²) in [6, 6.07) is 32.1. The van der Waals surface area contributed by atoms with E-state index in [0.29, 0.717) is 0 Å². The first kappa shape index (κ1) is 27.5. The molecule has 2 aliphatic carbocycles. The Hall–Kier alpha value is -3.64. The maximum atomic E-state index is 2.56. The van der Waals surface area contributed by atoms with Gasteiger partial charge in [-0.3, -0.25) is 0 Å². The van der Waals surface area contributed by atoms with Crippen LogP contribution in [-0.2, 0) is 29.1 Å². The van der Waals surface area contributed by atoms with Crippen LogP contribution in [0.25, 0.3) is 16.7 Å². The van der Waals surface area contributed by atoms with E-state index >= 15 is 0 Å². The molecule has 6 rings (SSSR count). The second-order valence-corrected chi connectivity index (χ2v) is 14.4. The van der Waals surface area contributed by atoms with Crippen molar-refractivity contribution in [3.63, 3.8) is 0 Å². The summed E-state index contributed by atoms with van der Waals surface area (Å²) in [7, 11) is 0. The van der Waals surface area contributed by atoms with Crippen LogP contribution in [0.4, 0.5) is 0 Å². The second kappa shape index (κ2) is 10.0. The highest BCUT2D eigenvalue weighted by Gasteiger charge is 2.36. The Bertz CT molecular complexity index is 1610. The van der Waals surface area contributed by atoms with E-state index in [4.69, 9.17) is 0 Å². The molecule has 0 saturated heterocycles. The van der Waals surface area contributed by atoms with Gasteiger partial charge in [-0.1, -0.05) is 146 Å². The Morgan fingerprint density at radius 1 is 0.634 bits per heavy atom. The van der Waals surface area contributed by atoms with E-state index in [9.17, 15) is 0 Å². The van der Waals surface area contributed by atoms with Gasteiger partial charge in [0, 0.05) is 5.41 Å². The molecule has 0 radical (unpaired) electrons. The molecule has 4 aromatic rings. The van der Waals surface area contributed by atoms with Crippen LogP contribution in [0, 0.1) is 0 Å². The maximum Gasteiger partial charge on any atom is 0.0215 e. The number of hydrogen-bond donors (Lipinski definition) is 0. The van der Waals surface area contributed by atoms with Crippen molar-refractivity contribution in [3.05, 3.63) is 148 Å². The van der Waals surface area contributed by atoms with Crippen molar-refractivity contribution in [2.75, 3.05) is 0 Å². The van der Waals surface area contributed by atoms with Gasteiger partial charge in [-0.15, -0.1) is 0 Å². The van der Waals surface area contributed by atoms with Crippen LogP contribution in [-0.4, -0.2) is 0 Å². The zero-order chi connectivity index (χ0) is 29.0. The summed E-state index contributed by atoms with van der Waals surface area (Å²) in [4.78, 5) is 0. The van der Waals surface area contributed by atoms with Crippen molar-refractivity contribution in [2.45, 2.75) is 84.0 Å². The SMILES string of the molecule is CC(C)(C)c1ccc2c(c1)-c1cc(C(C)(C)C)c(C3=CC=CC3)c(CC(C)(c3ccccc3)c3ccccc3)c1C2. The molecular weight excluding hydrogens is 492 g/mol. The first-order valence-corrected chi connectivity index (χ1v) is 15.3. The zero-order valence-corrected chi connectivity index (χ0v) is 25.9. The van der Waals surface area contributed by atoms with Gasteiger partial charge in [-0.2, -0.15) is 0 Å². The molecule has 208 valence electrons. The van der Waals surface area contributed by atoms with E-state index in [1.54, 1.807) is 0 Å². The highest BCUT2D eigenvalue weighted by Crippen LogP contribution is 2.49. The fraction of sp³-hybridized carbons (Fsp3) is 0.317. The standard InChI is InChI=1S/C41H44/c1-39(2,3)32-23-22-29-24-34-35(33(29)25-32)26-37(40(4,5)6)38(28-16-14-15-17-28)36(34)27-41(7,30-18-10-8-11-19-30)31-20-12-9-13-21-31/h8-16,18-23,25-26H,17,24,27H2,1-7H3. The minimum Gasteiger partial charge on any atom is -0.0801 e. The van der Waals surface area contributed by atoms with E-state index in [1.165, 1.54) is 61.2 Å². The summed E-state index contributed by atoms with van der Waals surface area (Å²) in [6.45, 7) is 16.6. The van der Waals surface area contributed by atoms with Crippen LogP contribution in [0.3, 0.4) is 0 Å². The molecule has 0 N–H and O–H groups in total. The molecule has 41 heavy (non-hydrogen) atoms. The molecule has 2 aliphatic rings. The largest absolute Gasteiger partial charge is 0.0801 e. The monoisotopic (exact) mass is 536 g/mol. The van der Waals surface area contributed by atoms with E-state index in [1.807, 2.05) is 0 Å². The molecule has 0 unspecified atom stereocenters. The Morgan fingerprint density at radius 2 is 1.27 bits per heavy atom. The van der Waals surface area contributed by atoms with Gasteiger partial charge in [0.25, 0.3) is 0 Å². The van der Waals surface area contributed by atoms with Gasteiger partial charge in [0.05, 0.1) is 0 Å². The summed E-state index contributed by atoms with van der Waals surface area (Å²) in [5.74, 6) is 0. The average Bonchev–Trinajstić information content (AvgIpc) is 3.61. The lowest BCUT2D eigenvalue weighted by Crippen LogP contribution is -2.29. The molecule has 0 bridgehead atoms. The molecule has 0 spiro atoms. The van der Waals surface area contributed by atoms with Gasteiger partial charge in [0.1, 0.15) is 0 Å². The topological polar surface area (TPSA) is 0 Å². The van der Waals surface area contributed by atoms with Gasteiger partial charge in [0.15, 0.2) is 0 Å². The first-order chi connectivity index (χ1) is 19.5. The number of allylic oxidation sites excluding steroid dienone is 4. The Labute approximate surface area is 247 Å². The maximum absolute atomic E-state index is 2.56. The number of benzene rings is 4. The van der Waals surface area contributed by atoms with Crippen molar-refractivity contribution in [1.29, 1.82) is 0 Å². The van der Waals surface area contributed by atoms with E-state index in [-0.39, 0.29) is 16.2 Å². The smallest absolute Gasteiger partial charge is 0.0215 e. The van der Waals surface area contributed by atoms with Crippen LogP contribution in [0.2, 0.25) is 0 Å². The van der Waals surface area contributed by atoms with Gasteiger partial charge in [-0.05, 0) is 97.4 Å². The Morgan fingerprint density at radius 3 is 1.80 bits per heavy atom. The normalized spacial score (nSPS) is 14.7. The molecule has 0 aliphatic heterocycles. The molecule has 0 amide bonds. The summed E-state index contributed by atoms with van der Waals surface area (Å²) in [5.41, 5.74) is 16.0. The summed E-state index contributed by atoms with van der Waals surface area (Å²) < 4.78 is 0. The molecule has 0 nitrogen and oxygen atoms in total. The number of rotatable bonds is 5. The average molecular weight is 537 g/mol. The third kappa shape index (κ3) is 4.93. The number of hydrogen-bond acceptors (Lipinski definition) is 0. The summed E-state index contributed by atoms with van der Waals surface area (Å²) in [6.07, 6.45) is 9.89. The summed E-state index contributed by atoms with van der Waals surface area (Å²) in [5, 5.41) is 0. The van der Waals surface area contributed by atoms with Gasteiger partial charge in [-0.25, -0.2) is 0 Å². The Balaban J connectivity index is 1.65. The van der Waals surface area contributed by atoms with Gasteiger partial charge in [0.2, 0.25) is 0 Å². The lowest BCUT2D eigenvalue weighted by atomic mass is 9.68. The predicted octanol–water partition coefficient (Wildman–Crippen LogP) is 10.7. The third-order valence-electron chi connectivity index (χ3n) is 9.44. The van der Waals surface area contributed by atoms with Crippen molar-refractivity contribution >= 4 is 5.57 Å². The van der Waals surface area contributed by atoms with Crippen molar-refractivity contribution in [3.8, 4) is 11.1 Å². The minimum absolute atomic E-state index is 0.0167. The zero-order valence-electron chi connectivity index (χ0n) is 25.9. The molecule has 0 aromatic heterocycles. The molecule has 0 fully saturated rings. The summed E-state index contributed by atoms with van der Waals surface area (Å²) >= 11 is 0. The van der Waals surface area contributed by atoms with Crippen LogP contribution < -0.4 is 0 Å². The highest BCUT2D eigenvalue weighted by molar-refractivity contribution is 5.86. The Kier molecular flexibility index (Phi) is 6.73. The van der Waals surface area contributed by atoms with Crippen molar-refractivity contribution in [2.24, 2.45) is 0 Å². The van der Waals surface area contributed by atoms with Crippen molar-refractivity contribution in [1.82, 2.24) is 0 Å².